The summed E-state index contributed by atoms with van der Waals surface area (Å²) in [5.41, 5.74) is 1.53. The zero-order valence-electron chi connectivity index (χ0n) is 13.1. The molecule has 1 aromatic rings. The molecule has 0 aliphatic heterocycles. The molecule has 0 spiro atoms. The Bertz CT molecular complexity index is 421. The topological polar surface area (TPSA) is 49.8 Å². The molecule has 2 N–H and O–H groups in total. The molecule has 0 unspecified atom stereocenters. The SMILES string of the molecule is CCCNc1ncnc(NC2(CC)CCC2)c1CCC. The number of hydrogen-bond acceptors (Lipinski definition) is 4. The molecule has 0 atom stereocenters. The predicted octanol–water partition coefficient (Wildman–Crippen LogP) is 4.00. The molecule has 1 saturated carbocycles. The van der Waals surface area contributed by atoms with E-state index in [2.05, 4.69) is 41.4 Å². The molecule has 0 radical (unpaired) electrons. The van der Waals surface area contributed by atoms with Gasteiger partial charge in [-0.25, -0.2) is 9.97 Å². The second-order valence-electron chi connectivity index (χ2n) is 5.84. The zero-order valence-corrected chi connectivity index (χ0v) is 13.1. The van der Waals surface area contributed by atoms with Crippen molar-refractivity contribution in [3.63, 3.8) is 0 Å². The summed E-state index contributed by atoms with van der Waals surface area (Å²) in [7, 11) is 0. The standard InChI is InChI=1S/C16H28N4/c1-4-8-13-14(17-11-5-2)18-12-19-15(13)20-16(6-3)9-7-10-16/h12H,4-11H2,1-3H3,(H2,17,18,19,20). The van der Waals surface area contributed by atoms with Gasteiger partial charge in [-0.2, -0.15) is 0 Å². The fourth-order valence-corrected chi connectivity index (χ4v) is 2.82. The van der Waals surface area contributed by atoms with Gasteiger partial charge in [-0.1, -0.05) is 27.2 Å². The first-order valence-corrected chi connectivity index (χ1v) is 8.10. The molecule has 1 aliphatic rings. The molecule has 2 rings (SSSR count). The van der Waals surface area contributed by atoms with Crippen LogP contribution in [0.25, 0.3) is 0 Å². The highest BCUT2D eigenvalue weighted by Gasteiger charge is 2.35. The summed E-state index contributed by atoms with van der Waals surface area (Å²) < 4.78 is 0. The van der Waals surface area contributed by atoms with Crippen molar-refractivity contribution in [3.8, 4) is 0 Å². The first-order valence-electron chi connectivity index (χ1n) is 8.10. The quantitative estimate of drug-likeness (QED) is 0.753. The van der Waals surface area contributed by atoms with Crippen molar-refractivity contribution < 1.29 is 0 Å². The van der Waals surface area contributed by atoms with E-state index in [1.54, 1.807) is 6.33 Å². The molecule has 0 bridgehead atoms. The Morgan fingerprint density at radius 1 is 1.10 bits per heavy atom. The third kappa shape index (κ3) is 3.22. The Hall–Kier alpha value is -1.32. The molecule has 1 aliphatic carbocycles. The molecule has 1 heterocycles. The maximum atomic E-state index is 4.52. The summed E-state index contributed by atoms with van der Waals surface area (Å²) in [4.78, 5) is 8.95. The summed E-state index contributed by atoms with van der Waals surface area (Å²) in [6.07, 6.45) is 9.94. The summed E-state index contributed by atoms with van der Waals surface area (Å²) >= 11 is 0. The second kappa shape index (κ2) is 6.91. The van der Waals surface area contributed by atoms with Gasteiger partial charge in [0.25, 0.3) is 0 Å². The number of hydrogen-bond donors (Lipinski definition) is 2. The van der Waals surface area contributed by atoms with Gasteiger partial charge in [0, 0.05) is 17.6 Å². The predicted molar refractivity (Wildman–Crippen MR) is 85.3 cm³/mol. The molecular weight excluding hydrogens is 248 g/mol. The van der Waals surface area contributed by atoms with Crippen LogP contribution < -0.4 is 10.6 Å². The van der Waals surface area contributed by atoms with Crippen molar-refractivity contribution in [3.05, 3.63) is 11.9 Å². The Labute approximate surface area is 122 Å². The van der Waals surface area contributed by atoms with E-state index in [0.717, 1.165) is 37.4 Å². The molecule has 0 aromatic carbocycles. The van der Waals surface area contributed by atoms with Crippen LogP contribution in [0.5, 0.6) is 0 Å². The van der Waals surface area contributed by atoms with Gasteiger partial charge in [0.2, 0.25) is 0 Å². The zero-order chi connectivity index (χ0) is 14.4. The van der Waals surface area contributed by atoms with Crippen LogP contribution in [0.4, 0.5) is 11.6 Å². The highest BCUT2D eigenvalue weighted by Crippen LogP contribution is 2.38. The monoisotopic (exact) mass is 276 g/mol. The lowest BCUT2D eigenvalue weighted by molar-refractivity contribution is 0.268. The first-order chi connectivity index (χ1) is 9.74. The fraction of sp³-hybridized carbons (Fsp3) is 0.750. The molecule has 112 valence electrons. The number of nitrogens with one attached hydrogen (secondary N) is 2. The van der Waals surface area contributed by atoms with E-state index < -0.39 is 0 Å². The van der Waals surface area contributed by atoms with Crippen LogP contribution in [0.2, 0.25) is 0 Å². The van der Waals surface area contributed by atoms with E-state index in [1.807, 2.05) is 0 Å². The lowest BCUT2D eigenvalue weighted by Crippen LogP contribution is -2.44. The fourth-order valence-electron chi connectivity index (χ4n) is 2.82. The average Bonchev–Trinajstić information content (AvgIpc) is 2.43. The van der Waals surface area contributed by atoms with Gasteiger partial charge in [0.15, 0.2) is 0 Å². The maximum absolute atomic E-state index is 4.52. The Kier molecular flexibility index (Phi) is 5.21. The molecule has 1 fully saturated rings. The summed E-state index contributed by atoms with van der Waals surface area (Å²) in [6.45, 7) is 7.61. The van der Waals surface area contributed by atoms with Crippen molar-refractivity contribution in [1.29, 1.82) is 0 Å². The van der Waals surface area contributed by atoms with Crippen molar-refractivity contribution in [2.75, 3.05) is 17.2 Å². The van der Waals surface area contributed by atoms with Gasteiger partial charge in [0.1, 0.15) is 18.0 Å². The summed E-state index contributed by atoms with van der Waals surface area (Å²) in [5, 5.41) is 7.16. The number of rotatable bonds is 8. The van der Waals surface area contributed by atoms with Crippen molar-refractivity contribution in [2.45, 2.75) is 71.3 Å². The lowest BCUT2D eigenvalue weighted by Gasteiger charge is -2.43. The molecule has 1 aromatic heterocycles. The van der Waals surface area contributed by atoms with Crippen LogP contribution in [0.1, 0.15) is 64.9 Å². The van der Waals surface area contributed by atoms with E-state index in [-0.39, 0.29) is 5.54 Å². The minimum Gasteiger partial charge on any atom is -0.370 e. The van der Waals surface area contributed by atoms with Gasteiger partial charge >= 0.3 is 0 Å². The smallest absolute Gasteiger partial charge is 0.135 e. The van der Waals surface area contributed by atoms with Crippen molar-refractivity contribution in [1.82, 2.24) is 9.97 Å². The number of anilines is 2. The van der Waals surface area contributed by atoms with Gasteiger partial charge in [-0.15, -0.1) is 0 Å². The van der Waals surface area contributed by atoms with Crippen LogP contribution in [0.3, 0.4) is 0 Å². The van der Waals surface area contributed by atoms with Crippen molar-refractivity contribution in [2.24, 2.45) is 0 Å². The van der Waals surface area contributed by atoms with Gasteiger partial charge in [-0.05, 0) is 38.5 Å². The molecular formula is C16H28N4. The highest BCUT2D eigenvalue weighted by molar-refractivity contribution is 5.58. The maximum Gasteiger partial charge on any atom is 0.135 e. The van der Waals surface area contributed by atoms with E-state index in [4.69, 9.17) is 0 Å². The molecule has 20 heavy (non-hydrogen) atoms. The van der Waals surface area contributed by atoms with Gasteiger partial charge in [0.05, 0.1) is 0 Å². The largest absolute Gasteiger partial charge is 0.370 e. The highest BCUT2D eigenvalue weighted by atomic mass is 15.1. The summed E-state index contributed by atoms with van der Waals surface area (Å²) in [6, 6.07) is 0. The Morgan fingerprint density at radius 3 is 2.40 bits per heavy atom. The third-order valence-corrected chi connectivity index (χ3v) is 4.36. The first kappa shape index (κ1) is 15.1. The molecule has 0 saturated heterocycles. The summed E-state index contributed by atoms with van der Waals surface area (Å²) in [5.74, 6) is 2.05. The van der Waals surface area contributed by atoms with Crippen LogP contribution in [-0.2, 0) is 6.42 Å². The van der Waals surface area contributed by atoms with Crippen LogP contribution >= 0.6 is 0 Å². The Morgan fingerprint density at radius 2 is 1.85 bits per heavy atom. The van der Waals surface area contributed by atoms with Gasteiger partial charge < -0.3 is 10.6 Å². The number of nitrogens with zero attached hydrogens (tertiary/aromatic N) is 2. The van der Waals surface area contributed by atoms with E-state index in [1.165, 1.54) is 31.2 Å². The molecule has 0 amide bonds. The minimum atomic E-state index is 0.277. The van der Waals surface area contributed by atoms with E-state index >= 15 is 0 Å². The average molecular weight is 276 g/mol. The van der Waals surface area contributed by atoms with Crippen LogP contribution in [0.15, 0.2) is 6.33 Å². The lowest BCUT2D eigenvalue weighted by atomic mass is 9.75. The second-order valence-corrected chi connectivity index (χ2v) is 5.84. The van der Waals surface area contributed by atoms with E-state index in [9.17, 15) is 0 Å². The van der Waals surface area contributed by atoms with Crippen LogP contribution in [0, 0.1) is 0 Å². The molecule has 4 heteroatoms. The van der Waals surface area contributed by atoms with Crippen LogP contribution in [-0.4, -0.2) is 22.1 Å². The van der Waals surface area contributed by atoms with Crippen molar-refractivity contribution >= 4 is 11.6 Å². The number of aromatic nitrogens is 2. The normalized spacial score (nSPS) is 16.6. The van der Waals surface area contributed by atoms with Gasteiger partial charge in [-0.3, -0.25) is 0 Å². The molecule has 4 nitrogen and oxygen atoms in total. The van der Waals surface area contributed by atoms with E-state index in [0.29, 0.717) is 0 Å². The Balaban J connectivity index is 2.21. The third-order valence-electron chi connectivity index (χ3n) is 4.36. The minimum absolute atomic E-state index is 0.277.